The largest absolute Gasteiger partial charge is 0.493 e. The number of likely N-dealkylation sites (tertiary alicyclic amines) is 1. The van der Waals surface area contributed by atoms with Gasteiger partial charge in [0.25, 0.3) is 0 Å². The smallest absolute Gasteiger partial charge is 0.231 e. The second kappa shape index (κ2) is 9.18. The van der Waals surface area contributed by atoms with Crippen molar-refractivity contribution in [2.45, 2.75) is 19.3 Å². The molecule has 2 aliphatic rings. The van der Waals surface area contributed by atoms with Crippen LogP contribution in [0.5, 0.6) is 17.2 Å². The summed E-state index contributed by atoms with van der Waals surface area (Å²) in [6.45, 7) is 4.35. The van der Waals surface area contributed by atoms with Crippen molar-refractivity contribution in [1.82, 2.24) is 4.90 Å². The number of amides is 1. The van der Waals surface area contributed by atoms with Crippen LogP contribution in [0.2, 0.25) is 0 Å². The van der Waals surface area contributed by atoms with E-state index in [-0.39, 0.29) is 11.8 Å². The zero-order valence-corrected chi connectivity index (χ0v) is 16.9. The van der Waals surface area contributed by atoms with Gasteiger partial charge in [0.1, 0.15) is 19.0 Å². The van der Waals surface area contributed by atoms with E-state index in [4.69, 9.17) is 14.2 Å². The van der Waals surface area contributed by atoms with Crippen LogP contribution in [0.25, 0.3) is 0 Å². The van der Waals surface area contributed by atoms with Crippen molar-refractivity contribution in [3.63, 3.8) is 0 Å². The summed E-state index contributed by atoms with van der Waals surface area (Å²) in [6.07, 6.45) is 3.22. The van der Waals surface area contributed by atoms with Gasteiger partial charge in [0, 0.05) is 12.2 Å². The Bertz CT molecular complexity index is 831. The molecule has 4 rings (SSSR count). The van der Waals surface area contributed by atoms with Crippen molar-refractivity contribution in [1.29, 1.82) is 0 Å². The SMILES string of the molecule is COc1cccc2c1OC[C@H](C(=O)Nc1ccc(OCCN3CCCC3)cc1)C2. The molecule has 1 fully saturated rings. The van der Waals surface area contributed by atoms with Crippen molar-refractivity contribution in [3.8, 4) is 17.2 Å². The number of anilines is 1. The average Bonchev–Trinajstić information content (AvgIpc) is 3.27. The van der Waals surface area contributed by atoms with Gasteiger partial charge in [-0.2, -0.15) is 0 Å². The Hall–Kier alpha value is -2.73. The fourth-order valence-corrected chi connectivity index (χ4v) is 3.90. The van der Waals surface area contributed by atoms with Gasteiger partial charge < -0.3 is 19.5 Å². The number of ether oxygens (including phenoxy) is 3. The molecule has 0 spiro atoms. The molecule has 2 aromatic carbocycles. The zero-order valence-electron chi connectivity index (χ0n) is 16.9. The van der Waals surface area contributed by atoms with Gasteiger partial charge in [-0.25, -0.2) is 0 Å². The maximum Gasteiger partial charge on any atom is 0.231 e. The van der Waals surface area contributed by atoms with Gasteiger partial charge in [-0.3, -0.25) is 9.69 Å². The Kier molecular flexibility index (Phi) is 6.20. The summed E-state index contributed by atoms with van der Waals surface area (Å²) in [5.74, 6) is 2.01. The highest BCUT2D eigenvalue weighted by molar-refractivity contribution is 5.93. The third-order valence-electron chi connectivity index (χ3n) is 5.54. The molecule has 6 heteroatoms. The van der Waals surface area contributed by atoms with Crippen molar-refractivity contribution in [2.75, 3.05) is 45.3 Å². The van der Waals surface area contributed by atoms with Crippen LogP contribution in [0.4, 0.5) is 5.69 Å². The molecule has 29 heavy (non-hydrogen) atoms. The first-order chi connectivity index (χ1) is 14.2. The molecule has 2 aliphatic heterocycles. The fourth-order valence-electron chi connectivity index (χ4n) is 3.90. The molecule has 0 aliphatic carbocycles. The average molecular weight is 396 g/mol. The third-order valence-corrected chi connectivity index (χ3v) is 5.54. The topological polar surface area (TPSA) is 60.0 Å². The molecule has 1 atom stereocenters. The number of carbonyl (C=O) groups excluding carboxylic acids is 1. The lowest BCUT2D eigenvalue weighted by molar-refractivity contribution is -0.121. The fraction of sp³-hybridized carbons (Fsp3) is 0.435. The molecule has 0 radical (unpaired) electrons. The summed E-state index contributed by atoms with van der Waals surface area (Å²) in [4.78, 5) is 15.1. The minimum atomic E-state index is -0.231. The minimum Gasteiger partial charge on any atom is -0.493 e. The van der Waals surface area contributed by atoms with Crippen LogP contribution in [-0.2, 0) is 11.2 Å². The Labute approximate surface area is 171 Å². The third kappa shape index (κ3) is 4.82. The molecule has 6 nitrogen and oxygen atoms in total. The van der Waals surface area contributed by atoms with Crippen molar-refractivity contribution >= 4 is 11.6 Å². The first-order valence-electron chi connectivity index (χ1n) is 10.3. The number of rotatable bonds is 7. The predicted octanol–water partition coefficient (Wildman–Crippen LogP) is 3.36. The molecule has 2 heterocycles. The lowest BCUT2D eigenvalue weighted by Gasteiger charge is -2.25. The zero-order chi connectivity index (χ0) is 20.1. The van der Waals surface area contributed by atoms with Gasteiger partial charge in [0.2, 0.25) is 5.91 Å². The van der Waals surface area contributed by atoms with E-state index in [0.717, 1.165) is 29.3 Å². The molecule has 2 aromatic rings. The van der Waals surface area contributed by atoms with Gasteiger partial charge in [-0.05, 0) is 68.2 Å². The van der Waals surface area contributed by atoms with Gasteiger partial charge in [-0.15, -0.1) is 0 Å². The van der Waals surface area contributed by atoms with Crippen LogP contribution < -0.4 is 19.5 Å². The Morgan fingerprint density at radius 3 is 2.72 bits per heavy atom. The van der Waals surface area contributed by atoms with Gasteiger partial charge in [0.05, 0.1) is 13.0 Å². The number of hydrogen-bond acceptors (Lipinski definition) is 5. The number of nitrogens with zero attached hydrogens (tertiary/aromatic N) is 1. The van der Waals surface area contributed by atoms with Crippen molar-refractivity contribution < 1.29 is 19.0 Å². The quantitative estimate of drug-likeness (QED) is 0.778. The van der Waals surface area contributed by atoms with Gasteiger partial charge >= 0.3 is 0 Å². The van der Waals surface area contributed by atoms with Crippen LogP contribution >= 0.6 is 0 Å². The van der Waals surface area contributed by atoms with E-state index in [2.05, 4.69) is 10.2 Å². The van der Waals surface area contributed by atoms with Crippen LogP contribution in [0.1, 0.15) is 18.4 Å². The highest BCUT2D eigenvalue weighted by atomic mass is 16.5. The molecular weight excluding hydrogens is 368 g/mol. The van der Waals surface area contributed by atoms with Crippen LogP contribution in [0, 0.1) is 5.92 Å². The van der Waals surface area contributed by atoms with E-state index >= 15 is 0 Å². The lowest BCUT2D eigenvalue weighted by Crippen LogP contribution is -2.32. The number of para-hydroxylation sites is 1. The standard InChI is InChI=1S/C23H28N2O4/c1-27-21-6-4-5-17-15-18(16-29-22(17)21)23(26)24-19-7-9-20(10-8-19)28-14-13-25-11-2-3-12-25/h4-10,18H,2-3,11-16H2,1H3,(H,24,26)/t18-/m1/s1. The summed E-state index contributed by atoms with van der Waals surface area (Å²) in [5, 5.41) is 2.99. The Morgan fingerprint density at radius 2 is 1.97 bits per heavy atom. The van der Waals surface area contributed by atoms with Crippen LogP contribution in [-0.4, -0.2) is 50.8 Å². The molecule has 1 N–H and O–H groups in total. The van der Waals surface area contributed by atoms with Crippen LogP contribution in [0.15, 0.2) is 42.5 Å². The summed E-state index contributed by atoms with van der Waals surface area (Å²) in [6, 6.07) is 13.3. The molecule has 1 saturated heterocycles. The summed E-state index contributed by atoms with van der Waals surface area (Å²) < 4.78 is 17.0. The first kappa shape index (κ1) is 19.6. The van der Waals surface area contributed by atoms with Crippen LogP contribution in [0.3, 0.4) is 0 Å². The van der Waals surface area contributed by atoms with Crippen molar-refractivity contribution in [3.05, 3.63) is 48.0 Å². The Balaban J connectivity index is 1.28. The maximum absolute atomic E-state index is 12.7. The highest BCUT2D eigenvalue weighted by Crippen LogP contribution is 2.36. The molecule has 1 amide bonds. The van der Waals surface area contributed by atoms with Gasteiger partial charge in [0.15, 0.2) is 11.5 Å². The summed E-state index contributed by atoms with van der Waals surface area (Å²) >= 11 is 0. The molecule has 0 bridgehead atoms. The first-order valence-corrected chi connectivity index (χ1v) is 10.3. The predicted molar refractivity (Wildman–Crippen MR) is 112 cm³/mol. The van der Waals surface area contributed by atoms with E-state index in [0.29, 0.717) is 25.4 Å². The molecular formula is C23H28N2O4. The number of benzene rings is 2. The van der Waals surface area contributed by atoms with E-state index in [1.54, 1.807) is 7.11 Å². The normalized spacial score (nSPS) is 18.6. The van der Waals surface area contributed by atoms with Crippen molar-refractivity contribution in [2.24, 2.45) is 5.92 Å². The second-order valence-corrected chi connectivity index (χ2v) is 7.57. The van der Waals surface area contributed by atoms with E-state index in [1.807, 2.05) is 42.5 Å². The van der Waals surface area contributed by atoms with E-state index < -0.39 is 0 Å². The second-order valence-electron chi connectivity index (χ2n) is 7.57. The van der Waals surface area contributed by atoms with E-state index in [9.17, 15) is 4.79 Å². The number of fused-ring (bicyclic) bond motifs is 1. The molecule has 0 aromatic heterocycles. The molecule has 154 valence electrons. The maximum atomic E-state index is 12.7. The summed E-state index contributed by atoms with van der Waals surface area (Å²) in [7, 11) is 1.62. The van der Waals surface area contributed by atoms with Gasteiger partial charge in [-0.1, -0.05) is 12.1 Å². The molecule has 0 unspecified atom stereocenters. The number of carbonyl (C=O) groups is 1. The Morgan fingerprint density at radius 1 is 1.17 bits per heavy atom. The number of methoxy groups -OCH3 is 1. The lowest BCUT2D eigenvalue weighted by atomic mass is 9.95. The monoisotopic (exact) mass is 396 g/mol. The van der Waals surface area contributed by atoms with E-state index in [1.165, 1.54) is 25.9 Å². The molecule has 0 saturated carbocycles. The number of hydrogen-bond donors (Lipinski definition) is 1. The summed E-state index contributed by atoms with van der Waals surface area (Å²) in [5.41, 5.74) is 1.76. The minimum absolute atomic E-state index is 0.0406. The number of nitrogens with one attached hydrogen (secondary N) is 1. The highest BCUT2D eigenvalue weighted by Gasteiger charge is 2.27.